The molecule has 0 aromatic heterocycles. The fraction of sp³-hybridized carbons (Fsp3) is 0.0833. The van der Waals surface area contributed by atoms with E-state index in [1.54, 1.807) is 12.1 Å². The van der Waals surface area contributed by atoms with Gasteiger partial charge >= 0.3 is 5.97 Å². The molecule has 0 spiro atoms. The van der Waals surface area contributed by atoms with E-state index in [2.05, 4.69) is 5.32 Å². The number of Topliss-reactive ketones (excluding diaryl/α,β-unsaturated/α-hetero) is 2. The number of quaternary nitrogens is 1. The largest absolute Gasteiger partial charge is 0.595 e. The number of cyclic esters (lactones) is 1. The minimum Gasteiger partial charge on any atom is -0.595 e. The second kappa shape index (κ2) is 9.32. The Kier molecular flexibility index (Phi) is 6.28. The Morgan fingerprint density at radius 3 is 2.32 bits per heavy atom. The van der Waals surface area contributed by atoms with Crippen molar-refractivity contribution in [2.75, 3.05) is 5.32 Å². The van der Waals surface area contributed by atoms with Gasteiger partial charge in [0.25, 0.3) is 5.91 Å². The van der Waals surface area contributed by atoms with E-state index < -0.39 is 52.1 Å². The summed E-state index contributed by atoms with van der Waals surface area (Å²) in [7, 11) is 0. The number of rotatable bonds is 7. The molecule has 34 heavy (non-hydrogen) atoms. The van der Waals surface area contributed by atoms with E-state index >= 15 is 0 Å². The van der Waals surface area contributed by atoms with Gasteiger partial charge in [0.05, 0.1) is 11.1 Å². The number of hydrogen-bond acceptors (Lipinski definition) is 7. The number of amides is 1. The number of benzene rings is 3. The van der Waals surface area contributed by atoms with Crippen LogP contribution in [0.25, 0.3) is 0 Å². The maximum Gasteiger partial charge on any atom is 0.339 e. The number of ketones is 2. The highest BCUT2D eigenvalue weighted by Crippen LogP contribution is 2.38. The Balaban J connectivity index is 1.68. The molecule has 1 amide bonds. The minimum absolute atomic E-state index is 0.0357. The van der Waals surface area contributed by atoms with Gasteiger partial charge in [-0.05, 0) is 30.3 Å². The molecule has 9 nitrogen and oxygen atoms in total. The average molecular weight is 464 g/mol. The highest BCUT2D eigenvalue weighted by atomic mass is 19.1. The molecule has 10 heteroatoms. The summed E-state index contributed by atoms with van der Waals surface area (Å²) in [6.45, 7) is 0. The molecule has 3 aromatic rings. The summed E-state index contributed by atoms with van der Waals surface area (Å²) < 4.78 is 19.7. The third-order valence-corrected chi connectivity index (χ3v) is 5.34. The zero-order chi connectivity index (χ0) is 24.4. The second-order valence-corrected chi connectivity index (χ2v) is 7.44. The molecule has 3 atom stereocenters. The number of fused-ring (bicyclic) bond motifs is 1. The van der Waals surface area contributed by atoms with Crippen LogP contribution in [0.2, 0.25) is 0 Å². The van der Waals surface area contributed by atoms with Crippen LogP contribution in [0.1, 0.15) is 32.4 Å². The van der Waals surface area contributed by atoms with Gasteiger partial charge in [-0.1, -0.05) is 30.3 Å². The Labute approximate surface area is 191 Å². The van der Waals surface area contributed by atoms with Crippen LogP contribution in [0.5, 0.6) is 0 Å². The maximum absolute atomic E-state index is 14.4. The first-order chi connectivity index (χ1) is 16.3. The van der Waals surface area contributed by atoms with Crippen molar-refractivity contribution in [3.63, 3.8) is 0 Å². The fourth-order valence-corrected chi connectivity index (χ4v) is 3.67. The lowest BCUT2D eigenvalue weighted by molar-refractivity contribution is -0.991. The molecule has 4 rings (SSSR count). The van der Waals surface area contributed by atoms with Crippen LogP contribution >= 0.6 is 0 Å². The molecular weight excluding hydrogens is 447 g/mol. The molecule has 0 aliphatic carbocycles. The van der Waals surface area contributed by atoms with E-state index in [4.69, 9.17) is 9.94 Å². The number of esters is 1. The molecule has 0 radical (unpaired) electrons. The van der Waals surface area contributed by atoms with E-state index in [0.29, 0.717) is 0 Å². The molecule has 0 fully saturated rings. The smallest absolute Gasteiger partial charge is 0.339 e. The number of carbonyl (C=O) groups is 4. The number of carbonyl (C=O) groups excluding carboxylic acids is 4. The van der Waals surface area contributed by atoms with Crippen molar-refractivity contribution in [3.05, 3.63) is 101 Å². The van der Waals surface area contributed by atoms with Gasteiger partial charge in [0, 0.05) is 23.4 Å². The van der Waals surface area contributed by atoms with E-state index in [1.807, 2.05) is 0 Å². The molecular formula is C24H17FN2O7. The van der Waals surface area contributed by atoms with Crippen molar-refractivity contribution >= 4 is 34.8 Å². The summed E-state index contributed by atoms with van der Waals surface area (Å²) in [6, 6.07) is 16.0. The molecule has 1 aliphatic heterocycles. The third-order valence-electron chi connectivity index (χ3n) is 5.34. The van der Waals surface area contributed by atoms with Gasteiger partial charge in [0.2, 0.25) is 5.78 Å². The molecule has 0 bridgehead atoms. The van der Waals surface area contributed by atoms with Crippen molar-refractivity contribution in [1.82, 2.24) is 0 Å². The van der Waals surface area contributed by atoms with Gasteiger partial charge in [-0.25, -0.2) is 14.4 Å². The van der Waals surface area contributed by atoms with Crippen LogP contribution in [-0.2, 0) is 14.3 Å². The number of halogens is 1. The van der Waals surface area contributed by atoms with Crippen LogP contribution < -0.4 is 10.5 Å². The van der Waals surface area contributed by atoms with Gasteiger partial charge in [-0.2, -0.15) is 5.23 Å². The highest BCUT2D eigenvalue weighted by molar-refractivity contribution is 6.45. The first kappa shape index (κ1) is 22.9. The van der Waals surface area contributed by atoms with Gasteiger partial charge in [-0.3, -0.25) is 14.4 Å². The number of ether oxygens (including phenoxy) is 1. The second-order valence-electron chi connectivity index (χ2n) is 7.44. The van der Waals surface area contributed by atoms with Crippen LogP contribution in [0.4, 0.5) is 15.8 Å². The SMILES string of the molecule is O=C(Nc1ccc([NH+]([O-])O)cc1)C(=O)C(C(=O)c1ccccc1F)C1OC(=O)c2ccccc21. The fourth-order valence-electron chi connectivity index (χ4n) is 3.67. The zero-order valence-corrected chi connectivity index (χ0v) is 17.4. The van der Waals surface area contributed by atoms with Crippen LogP contribution in [0, 0.1) is 16.9 Å². The maximum atomic E-state index is 14.4. The standard InChI is InChI=1S/C24H17FN2O7/c25-18-8-4-3-7-17(18)20(28)19(22-15-5-1-2-6-16(15)24(31)34-22)21(29)23(30)26-13-9-11-14(12-10-13)27(32)33/h1-12,19,22,27,32H,(H,26,30). The molecule has 0 saturated carbocycles. The van der Waals surface area contributed by atoms with E-state index in [1.165, 1.54) is 54.6 Å². The topological polar surface area (TPSA) is 137 Å². The Morgan fingerprint density at radius 1 is 1.00 bits per heavy atom. The lowest BCUT2D eigenvalue weighted by atomic mass is 9.84. The van der Waals surface area contributed by atoms with Gasteiger partial charge in [-0.15, -0.1) is 0 Å². The van der Waals surface area contributed by atoms with Crippen LogP contribution in [0.15, 0.2) is 72.8 Å². The average Bonchev–Trinajstić information content (AvgIpc) is 3.16. The van der Waals surface area contributed by atoms with Crippen molar-refractivity contribution in [1.29, 1.82) is 0 Å². The summed E-state index contributed by atoms with van der Waals surface area (Å²) in [5.74, 6) is -6.99. The summed E-state index contributed by atoms with van der Waals surface area (Å²) >= 11 is 0. The first-order valence-corrected chi connectivity index (χ1v) is 10.0. The van der Waals surface area contributed by atoms with Gasteiger partial charge in [0.1, 0.15) is 17.8 Å². The zero-order valence-electron chi connectivity index (χ0n) is 17.4. The van der Waals surface area contributed by atoms with Crippen molar-refractivity contribution in [2.45, 2.75) is 6.10 Å². The van der Waals surface area contributed by atoms with E-state index in [9.17, 15) is 28.8 Å². The Morgan fingerprint density at radius 2 is 1.65 bits per heavy atom. The summed E-state index contributed by atoms with van der Waals surface area (Å²) in [6.07, 6.45) is -1.43. The number of nitrogens with one attached hydrogen (secondary N) is 2. The molecule has 172 valence electrons. The van der Waals surface area contributed by atoms with Crippen molar-refractivity contribution in [3.8, 4) is 0 Å². The summed E-state index contributed by atoms with van der Waals surface area (Å²) in [5, 5.41) is 21.1. The lowest BCUT2D eigenvalue weighted by Crippen LogP contribution is -2.99. The number of anilines is 1. The van der Waals surface area contributed by atoms with Crippen molar-refractivity contribution in [2.24, 2.45) is 5.92 Å². The molecule has 1 heterocycles. The predicted octanol–water partition coefficient (Wildman–Crippen LogP) is 2.15. The molecule has 3 aromatic carbocycles. The minimum atomic E-state index is -1.84. The quantitative estimate of drug-likeness (QED) is 0.160. The number of hydrogen-bond donors (Lipinski definition) is 3. The van der Waals surface area contributed by atoms with Crippen LogP contribution in [0.3, 0.4) is 0 Å². The molecule has 1 aliphatic rings. The summed E-state index contributed by atoms with van der Waals surface area (Å²) in [5.41, 5.74) is 0.000933. The monoisotopic (exact) mass is 464 g/mol. The molecule has 0 saturated heterocycles. The third kappa shape index (κ3) is 4.33. The lowest BCUT2D eigenvalue weighted by Gasteiger charge is -2.21. The van der Waals surface area contributed by atoms with Gasteiger partial charge < -0.3 is 15.3 Å². The first-order valence-electron chi connectivity index (χ1n) is 10.0. The Hall–Kier alpha value is -4.25. The van der Waals surface area contributed by atoms with E-state index in [0.717, 1.165) is 6.07 Å². The molecule has 3 N–H and O–H groups in total. The molecule has 3 unspecified atom stereocenters. The van der Waals surface area contributed by atoms with Crippen LogP contribution in [-0.4, -0.2) is 28.7 Å². The van der Waals surface area contributed by atoms with Gasteiger partial charge in [0.15, 0.2) is 11.5 Å². The highest BCUT2D eigenvalue weighted by Gasteiger charge is 2.46. The normalized spacial score (nSPS) is 16.2. The predicted molar refractivity (Wildman–Crippen MR) is 115 cm³/mol. The van der Waals surface area contributed by atoms with E-state index in [-0.39, 0.29) is 22.5 Å². The Bertz CT molecular complexity index is 1290. The summed E-state index contributed by atoms with van der Waals surface area (Å²) in [4.78, 5) is 51.6. The van der Waals surface area contributed by atoms with Crippen molar-refractivity contribution < 1.29 is 38.7 Å².